The summed E-state index contributed by atoms with van der Waals surface area (Å²) < 4.78 is 1.97. The molecule has 0 amide bonds. The quantitative estimate of drug-likeness (QED) is 0.701. The zero-order valence-corrected chi connectivity index (χ0v) is 6.71. The summed E-state index contributed by atoms with van der Waals surface area (Å²) >= 11 is 1.58. The molecule has 0 saturated heterocycles. The van der Waals surface area contributed by atoms with Crippen molar-refractivity contribution >= 4 is 16.3 Å². The molecule has 2 heterocycles. The van der Waals surface area contributed by atoms with E-state index in [1.807, 2.05) is 16.0 Å². The van der Waals surface area contributed by atoms with Crippen LogP contribution in [-0.2, 0) is 6.42 Å². The van der Waals surface area contributed by atoms with Crippen molar-refractivity contribution in [1.82, 2.24) is 14.6 Å². The predicted molar refractivity (Wildman–Crippen MR) is 43.6 cm³/mol. The maximum absolute atomic E-state index is 5.40. The Balaban J connectivity index is 2.51. The van der Waals surface area contributed by atoms with Gasteiger partial charge < -0.3 is 5.73 Å². The normalized spacial score (nSPS) is 11.0. The van der Waals surface area contributed by atoms with Gasteiger partial charge in [-0.25, -0.2) is 0 Å². The van der Waals surface area contributed by atoms with Crippen LogP contribution in [0.3, 0.4) is 0 Å². The molecule has 11 heavy (non-hydrogen) atoms. The summed E-state index contributed by atoms with van der Waals surface area (Å²) in [4.78, 5) is 0.938. The van der Waals surface area contributed by atoms with E-state index in [1.54, 1.807) is 11.3 Å². The van der Waals surface area contributed by atoms with E-state index in [-0.39, 0.29) is 0 Å². The summed E-state index contributed by atoms with van der Waals surface area (Å²) in [5, 5.41) is 9.95. The van der Waals surface area contributed by atoms with Gasteiger partial charge in [0.15, 0.2) is 0 Å². The summed E-state index contributed by atoms with van der Waals surface area (Å²) in [6, 6.07) is 0. The van der Waals surface area contributed by atoms with Gasteiger partial charge in [-0.05, 0) is 6.54 Å². The average Bonchev–Trinajstić information content (AvgIpc) is 2.53. The summed E-state index contributed by atoms with van der Waals surface area (Å²) in [6.07, 6.45) is 2.75. The van der Waals surface area contributed by atoms with E-state index in [0.29, 0.717) is 6.54 Å². The molecule has 0 aliphatic heterocycles. The van der Waals surface area contributed by atoms with Gasteiger partial charge in [0, 0.05) is 18.0 Å². The summed E-state index contributed by atoms with van der Waals surface area (Å²) in [6.45, 7) is 0.622. The molecule has 0 saturated carbocycles. The van der Waals surface area contributed by atoms with Crippen molar-refractivity contribution < 1.29 is 0 Å². The minimum Gasteiger partial charge on any atom is -0.330 e. The SMILES string of the molecule is NCCc1nnc2sccn12. The van der Waals surface area contributed by atoms with Crippen LogP contribution in [0.5, 0.6) is 0 Å². The van der Waals surface area contributed by atoms with E-state index >= 15 is 0 Å². The van der Waals surface area contributed by atoms with Gasteiger partial charge in [0.1, 0.15) is 5.82 Å². The number of hydrogen-bond acceptors (Lipinski definition) is 4. The van der Waals surface area contributed by atoms with Gasteiger partial charge in [-0.15, -0.1) is 21.5 Å². The molecule has 0 unspecified atom stereocenters. The van der Waals surface area contributed by atoms with Crippen LogP contribution in [0.2, 0.25) is 0 Å². The summed E-state index contributed by atoms with van der Waals surface area (Å²) in [5.41, 5.74) is 5.40. The van der Waals surface area contributed by atoms with Crippen molar-refractivity contribution in [3.8, 4) is 0 Å². The fraction of sp³-hybridized carbons (Fsp3) is 0.333. The maximum atomic E-state index is 5.40. The van der Waals surface area contributed by atoms with E-state index in [2.05, 4.69) is 10.2 Å². The Kier molecular flexibility index (Phi) is 1.59. The van der Waals surface area contributed by atoms with Gasteiger partial charge in [-0.2, -0.15) is 0 Å². The van der Waals surface area contributed by atoms with Crippen molar-refractivity contribution in [3.05, 3.63) is 17.4 Å². The lowest BCUT2D eigenvalue weighted by molar-refractivity contribution is 0.849. The lowest BCUT2D eigenvalue weighted by atomic mass is 10.4. The third kappa shape index (κ3) is 1.02. The Morgan fingerprint density at radius 2 is 2.45 bits per heavy atom. The van der Waals surface area contributed by atoms with Crippen LogP contribution >= 0.6 is 11.3 Å². The van der Waals surface area contributed by atoms with E-state index < -0.39 is 0 Å². The Morgan fingerprint density at radius 1 is 1.55 bits per heavy atom. The molecular weight excluding hydrogens is 160 g/mol. The van der Waals surface area contributed by atoms with Crippen molar-refractivity contribution in [3.63, 3.8) is 0 Å². The van der Waals surface area contributed by atoms with Crippen LogP contribution in [0.25, 0.3) is 4.96 Å². The number of aromatic nitrogens is 3. The lowest BCUT2D eigenvalue weighted by Crippen LogP contribution is -2.05. The molecule has 5 heteroatoms. The smallest absolute Gasteiger partial charge is 0.216 e. The highest BCUT2D eigenvalue weighted by atomic mass is 32.1. The van der Waals surface area contributed by atoms with Crippen molar-refractivity contribution in [2.75, 3.05) is 6.54 Å². The lowest BCUT2D eigenvalue weighted by Gasteiger charge is -1.90. The van der Waals surface area contributed by atoms with E-state index in [9.17, 15) is 0 Å². The van der Waals surface area contributed by atoms with Crippen molar-refractivity contribution in [2.45, 2.75) is 6.42 Å². The van der Waals surface area contributed by atoms with Crippen LogP contribution < -0.4 is 5.73 Å². The fourth-order valence-corrected chi connectivity index (χ4v) is 1.66. The first-order chi connectivity index (χ1) is 5.42. The highest BCUT2D eigenvalue weighted by molar-refractivity contribution is 7.15. The highest BCUT2D eigenvalue weighted by Crippen LogP contribution is 2.09. The average molecular weight is 168 g/mol. The molecule has 2 N–H and O–H groups in total. The Hall–Kier alpha value is -0.940. The number of nitrogens with two attached hydrogens (primary N) is 1. The van der Waals surface area contributed by atoms with Gasteiger partial charge in [-0.1, -0.05) is 0 Å². The molecule has 0 bridgehead atoms. The standard InChI is InChI=1S/C6H8N4S/c7-2-1-5-8-9-6-10(5)3-4-11-6/h3-4H,1-2,7H2. The van der Waals surface area contributed by atoms with Gasteiger partial charge in [0.05, 0.1) is 0 Å². The number of hydrogen-bond donors (Lipinski definition) is 1. The minimum atomic E-state index is 0.622. The molecule has 0 aliphatic rings. The Bertz CT molecular complexity index is 350. The molecule has 2 rings (SSSR count). The van der Waals surface area contributed by atoms with Gasteiger partial charge >= 0.3 is 0 Å². The second-order valence-corrected chi connectivity index (χ2v) is 3.08. The zero-order chi connectivity index (χ0) is 7.68. The molecule has 0 aliphatic carbocycles. The summed E-state index contributed by atoms with van der Waals surface area (Å²) in [5.74, 6) is 0.948. The van der Waals surface area contributed by atoms with E-state index in [0.717, 1.165) is 17.2 Å². The van der Waals surface area contributed by atoms with Crippen LogP contribution in [-0.4, -0.2) is 21.1 Å². The zero-order valence-electron chi connectivity index (χ0n) is 5.90. The third-order valence-electron chi connectivity index (χ3n) is 1.49. The Labute approximate surface area is 67.7 Å². The largest absolute Gasteiger partial charge is 0.330 e. The molecule has 0 atom stereocenters. The molecule has 4 nitrogen and oxygen atoms in total. The van der Waals surface area contributed by atoms with Crippen LogP contribution in [0.1, 0.15) is 5.82 Å². The van der Waals surface area contributed by atoms with Crippen LogP contribution in [0, 0.1) is 0 Å². The van der Waals surface area contributed by atoms with Gasteiger partial charge in [0.25, 0.3) is 0 Å². The highest BCUT2D eigenvalue weighted by Gasteiger charge is 2.03. The molecule has 2 aromatic rings. The second kappa shape index (κ2) is 2.60. The van der Waals surface area contributed by atoms with Crippen LogP contribution in [0.4, 0.5) is 0 Å². The Morgan fingerprint density at radius 3 is 3.27 bits per heavy atom. The molecule has 2 aromatic heterocycles. The first kappa shape index (κ1) is 6.75. The topological polar surface area (TPSA) is 56.2 Å². The molecule has 0 fully saturated rings. The maximum Gasteiger partial charge on any atom is 0.216 e. The first-order valence-corrected chi connectivity index (χ1v) is 4.27. The number of thiazole rings is 1. The van der Waals surface area contributed by atoms with E-state index in [4.69, 9.17) is 5.73 Å². The van der Waals surface area contributed by atoms with Gasteiger partial charge in [0.2, 0.25) is 4.96 Å². The van der Waals surface area contributed by atoms with Crippen molar-refractivity contribution in [1.29, 1.82) is 0 Å². The van der Waals surface area contributed by atoms with E-state index in [1.165, 1.54) is 0 Å². The first-order valence-electron chi connectivity index (χ1n) is 3.39. The molecular formula is C6H8N4S. The second-order valence-electron chi connectivity index (χ2n) is 2.21. The molecule has 58 valence electrons. The number of rotatable bonds is 2. The monoisotopic (exact) mass is 168 g/mol. The van der Waals surface area contributed by atoms with Crippen molar-refractivity contribution in [2.24, 2.45) is 5.73 Å². The third-order valence-corrected chi connectivity index (χ3v) is 2.23. The number of fused-ring (bicyclic) bond motifs is 1. The molecule has 0 spiro atoms. The summed E-state index contributed by atoms with van der Waals surface area (Å²) in [7, 11) is 0. The molecule has 0 radical (unpaired) electrons. The van der Waals surface area contributed by atoms with Gasteiger partial charge in [-0.3, -0.25) is 4.40 Å². The molecule has 0 aromatic carbocycles. The van der Waals surface area contributed by atoms with Crippen LogP contribution in [0.15, 0.2) is 11.6 Å². The predicted octanol–water partition coefficient (Wildman–Crippen LogP) is 0.292. The number of nitrogens with zero attached hydrogens (tertiary/aromatic N) is 3. The minimum absolute atomic E-state index is 0.622. The fourth-order valence-electron chi connectivity index (χ4n) is 0.989.